The number of nitrogens with zero attached hydrogens (tertiary/aromatic N) is 1. The normalized spacial score (nSPS) is 10.8. The SMILES string of the molecule is CN(C)Cc1ccc(SF)cc1Oc1ccccc1N. The zero-order chi connectivity index (χ0) is 14.5. The molecule has 0 radical (unpaired) electrons. The first-order valence-electron chi connectivity index (χ1n) is 6.18. The number of nitrogen functional groups attached to an aromatic ring is 1. The third-order valence-electron chi connectivity index (χ3n) is 2.75. The van der Waals surface area contributed by atoms with Crippen LogP contribution >= 0.6 is 12.1 Å². The van der Waals surface area contributed by atoms with Crippen LogP contribution in [0.15, 0.2) is 47.4 Å². The molecule has 0 aliphatic carbocycles. The van der Waals surface area contributed by atoms with Crippen molar-refractivity contribution in [2.75, 3.05) is 19.8 Å². The Bertz CT molecular complexity index is 590. The van der Waals surface area contributed by atoms with E-state index in [0.717, 1.165) is 5.56 Å². The smallest absolute Gasteiger partial charge is 0.150 e. The molecule has 2 N–H and O–H groups in total. The van der Waals surface area contributed by atoms with Gasteiger partial charge in [0, 0.05) is 17.0 Å². The van der Waals surface area contributed by atoms with Crippen LogP contribution in [0.1, 0.15) is 5.56 Å². The van der Waals surface area contributed by atoms with Gasteiger partial charge in [-0.2, -0.15) is 3.89 Å². The first-order chi connectivity index (χ1) is 9.60. The van der Waals surface area contributed by atoms with Gasteiger partial charge in [-0.3, -0.25) is 0 Å². The molecule has 0 saturated carbocycles. The van der Waals surface area contributed by atoms with Crippen LogP contribution in [0.25, 0.3) is 0 Å². The standard InChI is InChI=1S/C15H17FN2OS/c1-18(2)10-11-7-8-12(20-16)9-15(11)19-14-6-4-3-5-13(14)17/h3-9H,10,17H2,1-2H3. The highest BCUT2D eigenvalue weighted by atomic mass is 32.2. The second kappa shape index (κ2) is 6.63. The van der Waals surface area contributed by atoms with E-state index in [1.54, 1.807) is 24.3 Å². The van der Waals surface area contributed by atoms with Gasteiger partial charge in [-0.1, -0.05) is 18.2 Å². The summed E-state index contributed by atoms with van der Waals surface area (Å²) in [7, 11) is 3.94. The van der Waals surface area contributed by atoms with Crippen LogP contribution < -0.4 is 10.5 Å². The van der Waals surface area contributed by atoms with E-state index < -0.39 is 0 Å². The molecular formula is C15H17FN2OS. The number of hydrogen-bond acceptors (Lipinski definition) is 4. The second-order valence-electron chi connectivity index (χ2n) is 4.72. The Kier molecular flexibility index (Phi) is 4.87. The molecule has 0 aromatic heterocycles. The minimum atomic E-state index is 0.200. The van der Waals surface area contributed by atoms with Crippen LogP contribution in [0.3, 0.4) is 0 Å². The first-order valence-corrected chi connectivity index (χ1v) is 6.90. The summed E-state index contributed by atoms with van der Waals surface area (Å²) >= 11 is 0.200. The number of nitrogens with two attached hydrogens (primary N) is 1. The molecule has 2 aromatic rings. The molecule has 0 fully saturated rings. The van der Waals surface area contributed by atoms with Crippen molar-refractivity contribution in [3.63, 3.8) is 0 Å². The van der Waals surface area contributed by atoms with Crippen molar-refractivity contribution < 1.29 is 8.62 Å². The van der Waals surface area contributed by atoms with E-state index in [2.05, 4.69) is 0 Å². The van der Waals surface area contributed by atoms with Gasteiger partial charge in [0.2, 0.25) is 0 Å². The van der Waals surface area contributed by atoms with Crippen molar-refractivity contribution >= 4 is 17.8 Å². The molecule has 0 aliphatic rings. The topological polar surface area (TPSA) is 38.5 Å². The monoisotopic (exact) mass is 292 g/mol. The maximum atomic E-state index is 12.7. The number of rotatable bonds is 5. The van der Waals surface area contributed by atoms with Gasteiger partial charge in [0.15, 0.2) is 0 Å². The number of para-hydroxylation sites is 2. The summed E-state index contributed by atoms with van der Waals surface area (Å²) in [5.41, 5.74) is 7.42. The third kappa shape index (κ3) is 3.65. The second-order valence-corrected chi connectivity index (χ2v) is 5.35. The van der Waals surface area contributed by atoms with Gasteiger partial charge in [0.1, 0.15) is 11.5 Å². The Morgan fingerprint density at radius 3 is 2.55 bits per heavy atom. The van der Waals surface area contributed by atoms with Crippen LogP contribution in [-0.2, 0) is 6.54 Å². The van der Waals surface area contributed by atoms with Gasteiger partial charge in [-0.25, -0.2) is 0 Å². The summed E-state index contributed by atoms with van der Waals surface area (Å²) in [6, 6.07) is 12.6. The zero-order valence-electron chi connectivity index (χ0n) is 11.5. The molecule has 0 aliphatic heterocycles. The summed E-state index contributed by atoms with van der Waals surface area (Å²) in [5.74, 6) is 1.20. The zero-order valence-corrected chi connectivity index (χ0v) is 12.3. The number of halogens is 1. The fraction of sp³-hybridized carbons (Fsp3) is 0.200. The Morgan fingerprint density at radius 1 is 1.15 bits per heavy atom. The molecule has 2 rings (SSSR count). The maximum Gasteiger partial charge on any atom is 0.150 e. The predicted molar refractivity (Wildman–Crippen MR) is 81.7 cm³/mol. The molecule has 0 heterocycles. The van der Waals surface area contributed by atoms with E-state index in [1.807, 2.05) is 37.2 Å². The van der Waals surface area contributed by atoms with Gasteiger partial charge in [0.05, 0.1) is 17.8 Å². The average Bonchev–Trinajstić information content (AvgIpc) is 2.42. The van der Waals surface area contributed by atoms with Gasteiger partial charge in [0.25, 0.3) is 0 Å². The quantitative estimate of drug-likeness (QED) is 0.842. The number of anilines is 1. The molecule has 20 heavy (non-hydrogen) atoms. The van der Waals surface area contributed by atoms with Gasteiger partial charge >= 0.3 is 0 Å². The van der Waals surface area contributed by atoms with Gasteiger partial charge < -0.3 is 15.4 Å². The molecular weight excluding hydrogens is 275 g/mol. The molecule has 106 valence electrons. The minimum absolute atomic E-state index is 0.200. The fourth-order valence-electron chi connectivity index (χ4n) is 1.84. The molecule has 0 bridgehead atoms. The lowest BCUT2D eigenvalue weighted by Crippen LogP contribution is -2.11. The van der Waals surface area contributed by atoms with Crippen LogP contribution in [0, 0.1) is 0 Å². The molecule has 0 amide bonds. The van der Waals surface area contributed by atoms with Crippen LogP contribution in [0.2, 0.25) is 0 Å². The Hall–Kier alpha value is -1.72. The maximum absolute atomic E-state index is 12.7. The summed E-state index contributed by atoms with van der Waals surface area (Å²) in [6.07, 6.45) is 0. The van der Waals surface area contributed by atoms with Crippen molar-refractivity contribution in [2.45, 2.75) is 11.4 Å². The van der Waals surface area contributed by atoms with Crippen molar-refractivity contribution in [3.8, 4) is 11.5 Å². The minimum Gasteiger partial charge on any atom is -0.455 e. The lowest BCUT2D eigenvalue weighted by Gasteiger charge is -2.16. The van der Waals surface area contributed by atoms with E-state index in [9.17, 15) is 3.89 Å². The van der Waals surface area contributed by atoms with Crippen molar-refractivity contribution in [3.05, 3.63) is 48.0 Å². The van der Waals surface area contributed by atoms with Crippen molar-refractivity contribution in [2.24, 2.45) is 0 Å². The van der Waals surface area contributed by atoms with Crippen LogP contribution in [0.5, 0.6) is 11.5 Å². The lowest BCUT2D eigenvalue weighted by atomic mass is 10.2. The molecule has 2 aromatic carbocycles. The van der Waals surface area contributed by atoms with Gasteiger partial charge in [-0.15, -0.1) is 0 Å². The van der Waals surface area contributed by atoms with E-state index in [0.29, 0.717) is 28.6 Å². The van der Waals surface area contributed by atoms with Crippen molar-refractivity contribution in [1.29, 1.82) is 0 Å². The Morgan fingerprint density at radius 2 is 1.90 bits per heavy atom. The number of hydrogen-bond donors (Lipinski definition) is 1. The summed E-state index contributed by atoms with van der Waals surface area (Å²) in [4.78, 5) is 2.54. The third-order valence-corrected chi connectivity index (χ3v) is 3.19. The first kappa shape index (κ1) is 14.7. The number of ether oxygens (including phenoxy) is 1. The largest absolute Gasteiger partial charge is 0.455 e. The molecule has 0 saturated heterocycles. The molecule has 0 unspecified atom stereocenters. The van der Waals surface area contributed by atoms with Gasteiger partial charge in [-0.05, 0) is 38.4 Å². The van der Waals surface area contributed by atoms with E-state index in [1.165, 1.54) is 0 Å². The summed E-state index contributed by atoms with van der Waals surface area (Å²) in [5, 5.41) is 0. The summed E-state index contributed by atoms with van der Waals surface area (Å²) < 4.78 is 18.6. The van der Waals surface area contributed by atoms with E-state index >= 15 is 0 Å². The molecule has 3 nitrogen and oxygen atoms in total. The number of benzene rings is 2. The average molecular weight is 292 g/mol. The highest BCUT2D eigenvalue weighted by Gasteiger charge is 2.10. The molecule has 0 spiro atoms. The lowest BCUT2D eigenvalue weighted by molar-refractivity contribution is 0.388. The molecule has 0 atom stereocenters. The Labute approximate surface area is 122 Å². The van der Waals surface area contributed by atoms with E-state index in [-0.39, 0.29) is 12.1 Å². The Balaban J connectivity index is 2.35. The van der Waals surface area contributed by atoms with Crippen LogP contribution in [-0.4, -0.2) is 19.0 Å². The highest BCUT2D eigenvalue weighted by molar-refractivity contribution is 7.94. The van der Waals surface area contributed by atoms with Crippen molar-refractivity contribution in [1.82, 2.24) is 4.90 Å². The fourth-order valence-corrected chi connectivity index (χ4v) is 2.11. The predicted octanol–water partition coefficient (Wildman–Crippen LogP) is 4.10. The molecule has 5 heteroatoms. The highest BCUT2D eigenvalue weighted by Crippen LogP contribution is 2.33. The van der Waals surface area contributed by atoms with Crippen LogP contribution in [0.4, 0.5) is 9.57 Å². The van der Waals surface area contributed by atoms with E-state index in [4.69, 9.17) is 10.5 Å². The summed E-state index contributed by atoms with van der Waals surface area (Å²) in [6.45, 7) is 0.708.